The van der Waals surface area contributed by atoms with E-state index in [2.05, 4.69) is 5.32 Å². The van der Waals surface area contributed by atoms with Crippen LogP contribution in [0.25, 0.3) is 0 Å². The Morgan fingerprint density at radius 3 is 2.33 bits per heavy atom. The number of hydrogen-bond acceptors (Lipinski definition) is 2. The summed E-state index contributed by atoms with van der Waals surface area (Å²) in [5.41, 5.74) is -2.37. The standard InChI is InChI=1S/C15H12F3NOS/c1-10-3-2-4-12(9-10)19-14(20)11-5-7-13(8-6-11)21-15(16,17)18/h2-9H,1H3,(H,19,20). The number of benzene rings is 2. The highest BCUT2D eigenvalue weighted by Gasteiger charge is 2.29. The number of alkyl halides is 3. The Labute approximate surface area is 124 Å². The van der Waals surface area contributed by atoms with E-state index < -0.39 is 5.51 Å². The maximum atomic E-state index is 12.2. The molecular weight excluding hydrogens is 299 g/mol. The summed E-state index contributed by atoms with van der Waals surface area (Å²) in [5.74, 6) is -0.357. The first-order valence-electron chi connectivity index (χ1n) is 6.07. The molecule has 0 spiro atoms. The Morgan fingerprint density at radius 2 is 1.76 bits per heavy atom. The van der Waals surface area contributed by atoms with Crippen molar-refractivity contribution in [1.29, 1.82) is 0 Å². The third-order valence-corrected chi connectivity index (χ3v) is 3.37. The highest BCUT2D eigenvalue weighted by molar-refractivity contribution is 8.00. The zero-order chi connectivity index (χ0) is 15.5. The molecule has 6 heteroatoms. The molecule has 0 aliphatic rings. The molecule has 0 saturated heterocycles. The predicted molar refractivity (Wildman–Crippen MR) is 77.5 cm³/mol. The van der Waals surface area contributed by atoms with Crippen LogP contribution in [0, 0.1) is 6.92 Å². The Hall–Kier alpha value is -1.95. The van der Waals surface area contributed by atoms with Gasteiger partial charge in [-0.05, 0) is 60.6 Å². The second-order valence-corrected chi connectivity index (χ2v) is 5.53. The van der Waals surface area contributed by atoms with Crippen LogP contribution in [0.1, 0.15) is 15.9 Å². The third kappa shape index (κ3) is 4.82. The zero-order valence-corrected chi connectivity index (χ0v) is 11.9. The van der Waals surface area contributed by atoms with Crippen LogP contribution in [-0.4, -0.2) is 11.4 Å². The Bertz CT molecular complexity index is 638. The lowest BCUT2D eigenvalue weighted by Gasteiger charge is -2.08. The molecular formula is C15H12F3NOS. The molecule has 0 radical (unpaired) electrons. The van der Waals surface area contributed by atoms with E-state index in [9.17, 15) is 18.0 Å². The smallest absolute Gasteiger partial charge is 0.322 e. The van der Waals surface area contributed by atoms with Crippen LogP contribution in [0.4, 0.5) is 18.9 Å². The Balaban J connectivity index is 2.06. The summed E-state index contributed by atoms with van der Waals surface area (Å²) in [6.07, 6.45) is 0. The second kappa shape index (κ2) is 6.22. The predicted octanol–water partition coefficient (Wildman–Crippen LogP) is 4.86. The zero-order valence-electron chi connectivity index (χ0n) is 11.1. The van der Waals surface area contributed by atoms with Crippen LogP contribution >= 0.6 is 11.8 Å². The van der Waals surface area contributed by atoms with Gasteiger partial charge in [-0.3, -0.25) is 4.79 Å². The van der Waals surface area contributed by atoms with Crippen LogP contribution in [0.5, 0.6) is 0 Å². The first-order chi connectivity index (χ1) is 9.83. The molecule has 110 valence electrons. The minimum absolute atomic E-state index is 0.0506. The van der Waals surface area contributed by atoms with Crippen LogP contribution in [-0.2, 0) is 0 Å². The van der Waals surface area contributed by atoms with Gasteiger partial charge in [-0.25, -0.2) is 0 Å². The average Bonchev–Trinajstić information content (AvgIpc) is 2.37. The van der Waals surface area contributed by atoms with E-state index in [4.69, 9.17) is 0 Å². The third-order valence-electron chi connectivity index (χ3n) is 2.63. The number of carbonyl (C=O) groups is 1. The molecule has 1 N–H and O–H groups in total. The molecule has 0 heterocycles. The molecule has 0 aliphatic carbocycles. The summed E-state index contributed by atoms with van der Waals surface area (Å²) in [7, 11) is 0. The van der Waals surface area contributed by atoms with Gasteiger partial charge in [0.2, 0.25) is 0 Å². The molecule has 0 fully saturated rings. The molecule has 2 rings (SSSR count). The van der Waals surface area contributed by atoms with Gasteiger partial charge in [-0.15, -0.1) is 0 Å². The van der Waals surface area contributed by atoms with Gasteiger partial charge in [0.15, 0.2) is 0 Å². The van der Waals surface area contributed by atoms with Gasteiger partial charge >= 0.3 is 5.51 Å². The normalized spacial score (nSPS) is 11.2. The molecule has 1 amide bonds. The molecule has 21 heavy (non-hydrogen) atoms. The van der Waals surface area contributed by atoms with Gasteiger partial charge in [0.25, 0.3) is 5.91 Å². The van der Waals surface area contributed by atoms with Gasteiger partial charge in [0, 0.05) is 16.1 Å². The van der Waals surface area contributed by atoms with E-state index in [0.29, 0.717) is 11.3 Å². The van der Waals surface area contributed by atoms with E-state index >= 15 is 0 Å². The van der Waals surface area contributed by atoms with Gasteiger partial charge in [0.1, 0.15) is 0 Å². The fourth-order valence-electron chi connectivity index (χ4n) is 1.73. The molecule has 0 unspecified atom stereocenters. The highest BCUT2D eigenvalue weighted by atomic mass is 32.2. The molecule has 2 nitrogen and oxygen atoms in total. The number of hydrogen-bond donors (Lipinski definition) is 1. The molecule has 0 aromatic heterocycles. The summed E-state index contributed by atoms with van der Waals surface area (Å²) >= 11 is -0.205. The van der Waals surface area contributed by atoms with Crippen molar-refractivity contribution in [2.24, 2.45) is 0 Å². The molecule has 0 saturated carbocycles. The topological polar surface area (TPSA) is 29.1 Å². The van der Waals surface area contributed by atoms with Crippen molar-refractivity contribution in [3.05, 3.63) is 59.7 Å². The monoisotopic (exact) mass is 311 g/mol. The van der Waals surface area contributed by atoms with Crippen molar-refractivity contribution in [2.75, 3.05) is 5.32 Å². The maximum absolute atomic E-state index is 12.2. The van der Waals surface area contributed by atoms with Gasteiger partial charge < -0.3 is 5.32 Å². The lowest BCUT2D eigenvalue weighted by molar-refractivity contribution is -0.0328. The van der Waals surface area contributed by atoms with E-state index in [-0.39, 0.29) is 22.6 Å². The van der Waals surface area contributed by atoms with Crippen molar-refractivity contribution in [3.63, 3.8) is 0 Å². The van der Waals surface area contributed by atoms with Crippen molar-refractivity contribution in [2.45, 2.75) is 17.3 Å². The van der Waals surface area contributed by atoms with E-state index in [1.54, 1.807) is 6.07 Å². The van der Waals surface area contributed by atoms with Crippen LogP contribution in [0.3, 0.4) is 0 Å². The summed E-state index contributed by atoms with van der Waals surface area (Å²) in [5, 5.41) is 2.70. The fraction of sp³-hybridized carbons (Fsp3) is 0.133. The van der Waals surface area contributed by atoms with Crippen LogP contribution in [0.2, 0.25) is 0 Å². The molecule has 0 aliphatic heterocycles. The lowest BCUT2D eigenvalue weighted by Crippen LogP contribution is -2.11. The highest BCUT2D eigenvalue weighted by Crippen LogP contribution is 2.36. The van der Waals surface area contributed by atoms with E-state index in [1.165, 1.54) is 24.3 Å². The maximum Gasteiger partial charge on any atom is 0.446 e. The van der Waals surface area contributed by atoms with Gasteiger partial charge in [-0.2, -0.15) is 13.2 Å². The van der Waals surface area contributed by atoms with Gasteiger partial charge in [0.05, 0.1) is 0 Å². The van der Waals surface area contributed by atoms with E-state index in [1.807, 2.05) is 25.1 Å². The SMILES string of the molecule is Cc1cccc(NC(=O)c2ccc(SC(F)(F)F)cc2)c1. The molecule has 0 bridgehead atoms. The van der Waals surface area contributed by atoms with Crippen molar-refractivity contribution >= 4 is 23.4 Å². The first-order valence-corrected chi connectivity index (χ1v) is 6.89. The number of aryl methyl sites for hydroxylation is 1. The Kier molecular flexibility index (Phi) is 4.57. The quantitative estimate of drug-likeness (QED) is 0.820. The number of amides is 1. The Morgan fingerprint density at radius 1 is 1.10 bits per heavy atom. The summed E-state index contributed by atoms with van der Waals surface area (Å²) in [6, 6.07) is 12.6. The van der Waals surface area contributed by atoms with Crippen molar-refractivity contribution in [3.8, 4) is 0 Å². The lowest BCUT2D eigenvalue weighted by atomic mass is 10.2. The summed E-state index contributed by atoms with van der Waals surface area (Å²) < 4.78 is 36.6. The van der Waals surface area contributed by atoms with E-state index in [0.717, 1.165) is 5.56 Å². The van der Waals surface area contributed by atoms with Gasteiger partial charge in [-0.1, -0.05) is 12.1 Å². The summed E-state index contributed by atoms with van der Waals surface area (Å²) in [4.78, 5) is 12.0. The number of rotatable bonds is 3. The number of halogens is 3. The molecule has 2 aromatic carbocycles. The molecule has 2 aromatic rings. The van der Waals surface area contributed by atoms with Crippen LogP contribution in [0.15, 0.2) is 53.4 Å². The summed E-state index contributed by atoms with van der Waals surface area (Å²) in [6.45, 7) is 1.90. The fourth-order valence-corrected chi connectivity index (χ4v) is 2.27. The van der Waals surface area contributed by atoms with Crippen molar-refractivity contribution < 1.29 is 18.0 Å². The largest absolute Gasteiger partial charge is 0.446 e. The number of anilines is 1. The minimum Gasteiger partial charge on any atom is -0.322 e. The number of nitrogens with one attached hydrogen (secondary N) is 1. The van der Waals surface area contributed by atoms with Crippen LogP contribution < -0.4 is 5.32 Å². The average molecular weight is 311 g/mol. The number of thioether (sulfide) groups is 1. The second-order valence-electron chi connectivity index (χ2n) is 4.40. The number of carbonyl (C=O) groups excluding carboxylic acids is 1. The van der Waals surface area contributed by atoms with Crippen molar-refractivity contribution in [1.82, 2.24) is 0 Å². The molecule has 0 atom stereocenters. The minimum atomic E-state index is -4.33. The first kappa shape index (κ1) is 15.4.